The highest BCUT2D eigenvalue weighted by molar-refractivity contribution is 6.10. The van der Waals surface area contributed by atoms with Crippen LogP contribution in [0.5, 0.6) is 5.75 Å². The van der Waals surface area contributed by atoms with E-state index in [1.165, 1.54) is 11.3 Å². The Morgan fingerprint density at radius 3 is 2.93 bits per heavy atom. The number of para-hydroxylation sites is 1. The summed E-state index contributed by atoms with van der Waals surface area (Å²) >= 11 is 0. The number of hydrogen-bond donors (Lipinski definition) is 2. The molecule has 0 aromatic heterocycles. The van der Waals surface area contributed by atoms with Crippen molar-refractivity contribution < 1.29 is 14.3 Å². The maximum atomic E-state index is 12.9. The van der Waals surface area contributed by atoms with Gasteiger partial charge in [0, 0.05) is 36.8 Å². The maximum Gasteiger partial charge on any atom is 0.246 e. The molecule has 2 N–H and O–H groups in total. The Morgan fingerprint density at radius 1 is 1.23 bits per heavy atom. The number of unbranched alkanes of at least 4 members (excludes halogenated alkanes) is 1. The van der Waals surface area contributed by atoms with Gasteiger partial charge in [0.05, 0.1) is 18.5 Å². The van der Waals surface area contributed by atoms with Crippen LogP contribution in [0.4, 0.5) is 17.1 Å². The first-order valence-electron chi connectivity index (χ1n) is 10.7. The summed E-state index contributed by atoms with van der Waals surface area (Å²) in [5, 5.41) is 6.03. The van der Waals surface area contributed by atoms with Crippen molar-refractivity contribution in [2.24, 2.45) is 0 Å². The third-order valence-electron chi connectivity index (χ3n) is 5.97. The van der Waals surface area contributed by atoms with Crippen LogP contribution in [-0.2, 0) is 11.2 Å². The van der Waals surface area contributed by atoms with Crippen LogP contribution in [-0.4, -0.2) is 37.9 Å². The van der Waals surface area contributed by atoms with Crippen LogP contribution in [0.3, 0.4) is 0 Å². The molecule has 6 heteroatoms. The fourth-order valence-corrected chi connectivity index (χ4v) is 4.28. The lowest BCUT2D eigenvalue weighted by molar-refractivity contribution is -0.116. The van der Waals surface area contributed by atoms with E-state index in [4.69, 9.17) is 4.74 Å². The van der Waals surface area contributed by atoms with Gasteiger partial charge in [0.25, 0.3) is 0 Å². The van der Waals surface area contributed by atoms with E-state index in [0.717, 1.165) is 50.2 Å². The number of carbonyl (C=O) groups is 2. The predicted molar refractivity (Wildman–Crippen MR) is 120 cm³/mol. The van der Waals surface area contributed by atoms with Crippen LogP contribution in [0.25, 0.3) is 0 Å². The monoisotopic (exact) mass is 407 g/mol. The number of methoxy groups -OCH3 is 1. The number of amides is 1. The lowest BCUT2D eigenvalue weighted by atomic mass is 9.99. The molecular weight excluding hydrogens is 378 g/mol. The second kappa shape index (κ2) is 8.78. The van der Waals surface area contributed by atoms with Crippen LogP contribution >= 0.6 is 0 Å². The van der Waals surface area contributed by atoms with Gasteiger partial charge in [-0.1, -0.05) is 12.1 Å². The maximum absolute atomic E-state index is 12.9. The summed E-state index contributed by atoms with van der Waals surface area (Å²) in [6.07, 6.45) is 4.55. The number of rotatable bonds is 7. The van der Waals surface area contributed by atoms with Crippen LogP contribution in [0, 0.1) is 0 Å². The summed E-state index contributed by atoms with van der Waals surface area (Å²) in [5.74, 6) is 0.924. The van der Waals surface area contributed by atoms with Crippen LogP contribution in [0.2, 0.25) is 0 Å². The number of hydrogen-bond acceptors (Lipinski definition) is 5. The zero-order valence-corrected chi connectivity index (χ0v) is 17.7. The molecule has 0 bridgehead atoms. The van der Waals surface area contributed by atoms with Crippen molar-refractivity contribution in [1.82, 2.24) is 0 Å². The van der Waals surface area contributed by atoms with Crippen LogP contribution in [0.1, 0.15) is 48.5 Å². The Kier molecular flexibility index (Phi) is 5.93. The quantitative estimate of drug-likeness (QED) is 0.530. The van der Waals surface area contributed by atoms with Gasteiger partial charge >= 0.3 is 0 Å². The molecule has 2 aromatic rings. The molecule has 0 spiro atoms. The zero-order chi connectivity index (χ0) is 21.1. The number of anilines is 3. The minimum absolute atomic E-state index is 0.0782. The standard InChI is InChI=1S/C24H29N3O3/c1-16-24(29)26-20-9-5-8-19(23(20)25-16)22(28)10-3-4-13-27-14-6-7-17-11-12-18(30-2)15-21(17)27/h5,8-9,11-12,15-16,25H,3-4,6-7,10,13-14H2,1-2H3,(H,26,29)/t16-/m1/s1. The van der Waals surface area contributed by atoms with E-state index >= 15 is 0 Å². The highest BCUT2D eigenvalue weighted by atomic mass is 16.5. The third kappa shape index (κ3) is 4.13. The number of Topliss-reactive ketones (excluding diaryl/α,β-unsaturated/α-hetero) is 1. The molecule has 0 fully saturated rings. The molecule has 2 aliphatic rings. The molecule has 0 saturated carbocycles. The summed E-state index contributed by atoms with van der Waals surface area (Å²) in [7, 11) is 1.70. The molecule has 1 atom stereocenters. The van der Waals surface area contributed by atoms with E-state index < -0.39 is 0 Å². The van der Waals surface area contributed by atoms with Gasteiger partial charge in [-0.05, 0) is 56.4 Å². The van der Waals surface area contributed by atoms with E-state index in [-0.39, 0.29) is 17.7 Å². The van der Waals surface area contributed by atoms with Crippen molar-refractivity contribution in [3.05, 3.63) is 47.5 Å². The molecular formula is C24H29N3O3. The molecule has 2 aliphatic heterocycles. The van der Waals surface area contributed by atoms with Gasteiger partial charge in [-0.15, -0.1) is 0 Å². The van der Waals surface area contributed by atoms with E-state index in [2.05, 4.69) is 27.7 Å². The average Bonchev–Trinajstić information content (AvgIpc) is 2.76. The van der Waals surface area contributed by atoms with E-state index in [1.54, 1.807) is 14.0 Å². The fraction of sp³-hybridized carbons (Fsp3) is 0.417. The Bertz CT molecular complexity index is 957. The molecule has 158 valence electrons. The van der Waals surface area contributed by atoms with Gasteiger partial charge < -0.3 is 20.3 Å². The van der Waals surface area contributed by atoms with Crippen molar-refractivity contribution in [3.8, 4) is 5.75 Å². The van der Waals surface area contributed by atoms with Crippen molar-refractivity contribution in [3.63, 3.8) is 0 Å². The number of carbonyl (C=O) groups excluding carboxylic acids is 2. The SMILES string of the molecule is COc1ccc2c(c1)N(CCCCC(=O)c1cccc3c1N[C@H](C)C(=O)N3)CCC2. The molecule has 0 unspecified atom stereocenters. The molecule has 2 heterocycles. The highest BCUT2D eigenvalue weighted by Gasteiger charge is 2.25. The van der Waals surface area contributed by atoms with E-state index in [0.29, 0.717) is 17.7 Å². The normalized spacial score (nSPS) is 17.5. The summed E-state index contributed by atoms with van der Waals surface area (Å²) < 4.78 is 5.39. The number of benzene rings is 2. The third-order valence-corrected chi connectivity index (χ3v) is 5.97. The first-order chi connectivity index (χ1) is 14.6. The summed E-state index contributed by atoms with van der Waals surface area (Å²) in [6, 6.07) is 11.5. The highest BCUT2D eigenvalue weighted by Crippen LogP contribution is 2.33. The minimum atomic E-state index is -0.345. The lowest BCUT2D eigenvalue weighted by Crippen LogP contribution is -2.37. The first-order valence-corrected chi connectivity index (χ1v) is 10.7. The molecule has 4 rings (SSSR count). The minimum Gasteiger partial charge on any atom is -0.497 e. The molecule has 0 radical (unpaired) electrons. The van der Waals surface area contributed by atoms with Crippen molar-refractivity contribution in [2.45, 2.75) is 45.1 Å². The number of nitrogens with zero attached hydrogens (tertiary/aromatic N) is 1. The molecule has 0 saturated heterocycles. The molecule has 6 nitrogen and oxygen atoms in total. The largest absolute Gasteiger partial charge is 0.497 e. The summed E-state index contributed by atoms with van der Waals surface area (Å²) in [4.78, 5) is 27.1. The van der Waals surface area contributed by atoms with Gasteiger partial charge in [-0.3, -0.25) is 9.59 Å². The van der Waals surface area contributed by atoms with Gasteiger partial charge in [0.15, 0.2) is 5.78 Å². The average molecular weight is 408 g/mol. The second-order valence-electron chi connectivity index (χ2n) is 8.05. The predicted octanol–water partition coefficient (Wildman–Crippen LogP) is 4.25. The van der Waals surface area contributed by atoms with E-state index in [9.17, 15) is 9.59 Å². The topological polar surface area (TPSA) is 70.7 Å². The fourth-order valence-electron chi connectivity index (χ4n) is 4.28. The number of aryl methyl sites for hydroxylation is 1. The Balaban J connectivity index is 1.35. The number of ether oxygens (including phenoxy) is 1. The smallest absolute Gasteiger partial charge is 0.246 e. The number of fused-ring (bicyclic) bond motifs is 2. The second-order valence-corrected chi connectivity index (χ2v) is 8.05. The zero-order valence-electron chi connectivity index (χ0n) is 17.7. The molecule has 30 heavy (non-hydrogen) atoms. The summed E-state index contributed by atoms with van der Waals surface area (Å²) in [6.45, 7) is 3.78. The molecule has 2 aromatic carbocycles. The summed E-state index contributed by atoms with van der Waals surface area (Å²) in [5.41, 5.74) is 4.72. The van der Waals surface area contributed by atoms with Crippen molar-refractivity contribution in [2.75, 3.05) is 35.7 Å². The van der Waals surface area contributed by atoms with Crippen molar-refractivity contribution >= 4 is 28.8 Å². The van der Waals surface area contributed by atoms with Gasteiger partial charge in [0.2, 0.25) is 5.91 Å². The van der Waals surface area contributed by atoms with E-state index in [1.807, 2.05) is 24.3 Å². The number of nitrogens with one attached hydrogen (secondary N) is 2. The first kappa shape index (κ1) is 20.3. The Labute approximate surface area is 177 Å². The van der Waals surface area contributed by atoms with Gasteiger partial charge in [-0.2, -0.15) is 0 Å². The molecule has 0 aliphatic carbocycles. The van der Waals surface area contributed by atoms with Crippen molar-refractivity contribution in [1.29, 1.82) is 0 Å². The lowest BCUT2D eigenvalue weighted by Gasteiger charge is -2.31. The Morgan fingerprint density at radius 2 is 2.10 bits per heavy atom. The van der Waals surface area contributed by atoms with Gasteiger partial charge in [-0.25, -0.2) is 0 Å². The van der Waals surface area contributed by atoms with Crippen LogP contribution in [0.15, 0.2) is 36.4 Å². The van der Waals surface area contributed by atoms with Gasteiger partial charge in [0.1, 0.15) is 11.8 Å². The van der Waals surface area contributed by atoms with Crippen LogP contribution < -0.4 is 20.3 Å². The Hall–Kier alpha value is -3.02. The molecule has 1 amide bonds. The number of ketones is 1.